The molecule has 1 aromatic heterocycles. The number of alkyl halides is 3. The molecule has 3 N–H and O–H groups in total. The summed E-state index contributed by atoms with van der Waals surface area (Å²) in [5, 5.41) is 0.951. The fourth-order valence-electron chi connectivity index (χ4n) is 2.69. The zero-order valence-electron chi connectivity index (χ0n) is 12.8. The number of hydrazine groups is 1. The van der Waals surface area contributed by atoms with Crippen LogP contribution in [0.5, 0.6) is 5.75 Å². The van der Waals surface area contributed by atoms with Crippen LogP contribution in [-0.2, 0) is 11.6 Å². The molecule has 0 aliphatic heterocycles. The topological polar surface area (TPSA) is 60.2 Å². The molecule has 4 nitrogen and oxygen atoms in total. The lowest BCUT2D eigenvalue weighted by atomic mass is 9.97. The first-order valence-corrected chi connectivity index (χ1v) is 8.13. The van der Waals surface area contributed by atoms with Crippen LogP contribution in [0.4, 0.5) is 19.0 Å². The Morgan fingerprint density at radius 2 is 1.84 bits per heavy atom. The molecule has 25 heavy (non-hydrogen) atoms. The maximum Gasteiger partial charge on any atom is 0.423 e. The minimum Gasteiger partial charge on any atom is -0.492 e. The van der Waals surface area contributed by atoms with Gasteiger partial charge in [0.1, 0.15) is 11.3 Å². The largest absolute Gasteiger partial charge is 0.492 e. The third kappa shape index (κ3) is 3.78. The van der Waals surface area contributed by atoms with Crippen molar-refractivity contribution in [2.24, 2.45) is 5.84 Å². The summed E-state index contributed by atoms with van der Waals surface area (Å²) in [5.41, 5.74) is 1.39. The highest BCUT2D eigenvalue weighted by Gasteiger charge is 2.46. The summed E-state index contributed by atoms with van der Waals surface area (Å²) < 4.78 is 45.5. The summed E-state index contributed by atoms with van der Waals surface area (Å²) in [6, 6.07) is 6.29. The van der Waals surface area contributed by atoms with Gasteiger partial charge in [-0.1, -0.05) is 23.2 Å². The average molecular weight is 392 g/mol. The monoisotopic (exact) mass is 391 g/mol. The van der Waals surface area contributed by atoms with Crippen LogP contribution in [-0.4, -0.2) is 11.6 Å². The van der Waals surface area contributed by atoms with Gasteiger partial charge in [-0.3, -0.25) is 0 Å². The first kappa shape index (κ1) is 18.1. The van der Waals surface area contributed by atoms with E-state index in [0.717, 1.165) is 18.4 Å². The van der Waals surface area contributed by atoms with Crippen molar-refractivity contribution < 1.29 is 17.9 Å². The number of nitrogens with zero attached hydrogens (tertiary/aromatic N) is 1. The lowest BCUT2D eigenvalue weighted by Crippen LogP contribution is -2.21. The van der Waals surface area contributed by atoms with Crippen molar-refractivity contribution in [3.05, 3.63) is 51.6 Å². The van der Waals surface area contributed by atoms with Crippen molar-refractivity contribution in [1.82, 2.24) is 4.98 Å². The molecular formula is C16H14Cl2F3N3O. The van der Waals surface area contributed by atoms with Gasteiger partial charge in [-0.25, -0.2) is 10.8 Å². The van der Waals surface area contributed by atoms with E-state index < -0.39 is 23.0 Å². The number of hydrogen-bond acceptors (Lipinski definition) is 4. The van der Waals surface area contributed by atoms with Crippen molar-refractivity contribution in [2.45, 2.75) is 24.4 Å². The van der Waals surface area contributed by atoms with E-state index in [1.54, 1.807) is 18.2 Å². The number of rotatable bonds is 5. The molecule has 2 aromatic rings. The molecule has 0 bridgehead atoms. The van der Waals surface area contributed by atoms with Crippen LogP contribution in [0.2, 0.25) is 10.0 Å². The summed E-state index contributed by atoms with van der Waals surface area (Å²) in [6.45, 7) is 0.0702. The van der Waals surface area contributed by atoms with Gasteiger partial charge in [0, 0.05) is 21.7 Å². The van der Waals surface area contributed by atoms with Gasteiger partial charge in [0.2, 0.25) is 0 Å². The van der Waals surface area contributed by atoms with Gasteiger partial charge < -0.3 is 10.2 Å². The smallest absolute Gasteiger partial charge is 0.423 e. The number of halogens is 5. The molecule has 9 heteroatoms. The summed E-state index contributed by atoms with van der Waals surface area (Å²) in [7, 11) is 0. The van der Waals surface area contributed by atoms with Crippen molar-refractivity contribution in [2.75, 3.05) is 12.0 Å². The summed E-state index contributed by atoms with van der Waals surface area (Å²) in [5.74, 6) is 4.33. The number of pyridine rings is 1. The van der Waals surface area contributed by atoms with Gasteiger partial charge >= 0.3 is 6.18 Å². The average Bonchev–Trinajstić information content (AvgIpc) is 3.32. The first-order valence-electron chi connectivity index (χ1n) is 7.37. The summed E-state index contributed by atoms with van der Waals surface area (Å²) in [6.07, 6.45) is -1.90. The van der Waals surface area contributed by atoms with Crippen molar-refractivity contribution in [3.63, 3.8) is 0 Å². The molecule has 0 amide bonds. The second-order valence-corrected chi connectivity index (χ2v) is 6.77. The molecular weight excluding hydrogens is 378 g/mol. The molecule has 1 heterocycles. The minimum absolute atomic E-state index is 0.0702. The second kappa shape index (κ2) is 6.55. The van der Waals surface area contributed by atoms with Crippen LogP contribution >= 0.6 is 23.2 Å². The second-order valence-electron chi connectivity index (χ2n) is 5.90. The Balaban J connectivity index is 1.87. The predicted octanol–water partition coefficient (Wildman–Crippen LogP) is 4.80. The Morgan fingerprint density at radius 1 is 1.20 bits per heavy atom. The molecule has 0 atom stereocenters. The predicted molar refractivity (Wildman–Crippen MR) is 89.9 cm³/mol. The quantitative estimate of drug-likeness (QED) is 0.567. The number of ether oxygens (including phenoxy) is 1. The van der Waals surface area contributed by atoms with Gasteiger partial charge in [-0.2, -0.15) is 13.2 Å². The van der Waals surface area contributed by atoms with Crippen molar-refractivity contribution in [1.29, 1.82) is 0 Å². The number of nitrogen functional groups attached to an aromatic ring is 1. The third-order valence-corrected chi connectivity index (χ3v) is 4.60. The maximum absolute atomic E-state index is 13.3. The Bertz CT molecular complexity index is 774. The molecule has 3 rings (SSSR count). The fraction of sp³-hybridized carbons (Fsp3) is 0.312. The lowest BCUT2D eigenvalue weighted by Gasteiger charge is -2.21. The minimum atomic E-state index is -4.65. The van der Waals surface area contributed by atoms with Gasteiger partial charge in [0.05, 0.1) is 6.61 Å². The number of aromatic nitrogens is 1. The van der Waals surface area contributed by atoms with Crippen LogP contribution in [0.3, 0.4) is 0 Å². The van der Waals surface area contributed by atoms with Gasteiger partial charge in [0.15, 0.2) is 5.82 Å². The van der Waals surface area contributed by atoms with Gasteiger partial charge in [-0.15, -0.1) is 0 Å². The molecule has 1 saturated carbocycles. The van der Waals surface area contributed by atoms with E-state index in [9.17, 15) is 13.2 Å². The van der Waals surface area contributed by atoms with E-state index in [4.69, 9.17) is 33.8 Å². The number of anilines is 1. The number of benzene rings is 1. The standard InChI is InChI=1S/C16H14Cl2F3N3O/c17-10-5-9(6-11(18)7-10)15(2-3-15)8-25-12-1-4-23-14(24-22)13(12)16(19,20)21/h1,4-7H,2-3,8,22H2,(H,23,24). The highest BCUT2D eigenvalue weighted by Crippen LogP contribution is 2.50. The molecule has 1 aromatic carbocycles. The molecule has 0 unspecified atom stereocenters. The Kier molecular flexibility index (Phi) is 4.74. The highest BCUT2D eigenvalue weighted by molar-refractivity contribution is 6.34. The normalized spacial score (nSPS) is 15.8. The molecule has 134 valence electrons. The Labute approximate surface area is 152 Å². The number of hydrogen-bond donors (Lipinski definition) is 2. The third-order valence-electron chi connectivity index (χ3n) is 4.17. The molecule has 0 saturated heterocycles. The Morgan fingerprint density at radius 3 is 2.36 bits per heavy atom. The number of nitrogens with two attached hydrogens (primary N) is 1. The van der Waals surface area contributed by atoms with Gasteiger partial charge in [-0.05, 0) is 42.7 Å². The SMILES string of the molecule is NNc1nccc(OCC2(c3cc(Cl)cc(Cl)c3)CC2)c1C(F)(F)F. The zero-order chi connectivity index (χ0) is 18.2. The van der Waals surface area contributed by atoms with Crippen LogP contribution in [0.25, 0.3) is 0 Å². The van der Waals surface area contributed by atoms with Gasteiger partial charge in [0.25, 0.3) is 0 Å². The molecule has 1 fully saturated rings. The number of nitrogens with one attached hydrogen (secondary N) is 1. The van der Waals surface area contributed by atoms with Crippen LogP contribution < -0.4 is 16.0 Å². The molecule has 1 aliphatic carbocycles. The zero-order valence-corrected chi connectivity index (χ0v) is 14.3. The van der Waals surface area contributed by atoms with Crippen LogP contribution in [0, 0.1) is 0 Å². The van der Waals surface area contributed by atoms with E-state index in [1.807, 2.05) is 5.43 Å². The Hall–Kier alpha value is -1.70. The fourth-order valence-corrected chi connectivity index (χ4v) is 3.22. The molecule has 0 spiro atoms. The van der Waals surface area contributed by atoms with E-state index in [1.165, 1.54) is 12.3 Å². The summed E-state index contributed by atoms with van der Waals surface area (Å²) in [4.78, 5) is 3.59. The van der Waals surface area contributed by atoms with Crippen LogP contribution in [0.15, 0.2) is 30.5 Å². The van der Waals surface area contributed by atoms with E-state index >= 15 is 0 Å². The molecule has 0 radical (unpaired) electrons. The van der Waals surface area contributed by atoms with E-state index in [2.05, 4.69) is 4.98 Å². The van der Waals surface area contributed by atoms with Crippen molar-refractivity contribution >= 4 is 29.0 Å². The van der Waals surface area contributed by atoms with Crippen molar-refractivity contribution in [3.8, 4) is 5.75 Å². The van der Waals surface area contributed by atoms with Crippen LogP contribution in [0.1, 0.15) is 24.0 Å². The van der Waals surface area contributed by atoms with E-state index in [-0.39, 0.29) is 12.4 Å². The lowest BCUT2D eigenvalue weighted by molar-refractivity contribution is -0.138. The highest BCUT2D eigenvalue weighted by atomic mass is 35.5. The summed E-state index contributed by atoms with van der Waals surface area (Å²) >= 11 is 12.0. The van der Waals surface area contributed by atoms with E-state index in [0.29, 0.717) is 10.0 Å². The molecule has 1 aliphatic rings. The first-order chi connectivity index (χ1) is 11.7. The maximum atomic E-state index is 13.3.